The summed E-state index contributed by atoms with van der Waals surface area (Å²) in [5, 5.41) is 7.04. The van der Waals surface area contributed by atoms with Gasteiger partial charge in [-0.05, 0) is 43.0 Å². The molecule has 1 aromatic carbocycles. The normalized spacial score (nSPS) is 15.1. The highest BCUT2D eigenvalue weighted by Gasteiger charge is 2.23. The number of aromatic amines is 1. The van der Waals surface area contributed by atoms with Gasteiger partial charge in [-0.2, -0.15) is 0 Å². The molecule has 0 aliphatic carbocycles. The third kappa shape index (κ3) is 3.86. The smallest absolute Gasteiger partial charge is 0.319 e. The Labute approximate surface area is 158 Å². The highest BCUT2D eigenvalue weighted by Crippen LogP contribution is 2.25. The van der Waals surface area contributed by atoms with E-state index >= 15 is 0 Å². The molecular weight excluding hydrogens is 340 g/mol. The fourth-order valence-corrected chi connectivity index (χ4v) is 3.52. The quantitative estimate of drug-likeness (QED) is 0.663. The molecule has 1 fully saturated rings. The summed E-state index contributed by atoms with van der Waals surface area (Å²) in [5.41, 5.74) is 2.93. The van der Waals surface area contributed by atoms with Crippen LogP contribution < -0.4 is 15.5 Å². The second kappa shape index (κ2) is 7.65. The van der Waals surface area contributed by atoms with Crippen LogP contribution in [0.4, 0.5) is 16.3 Å². The van der Waals surface area contributed by atoms with Gasteiger partial charge in [-0.25, -0.2) is 14.8 Å². The number of amides is 2. The maximum absolute atomic E-state index is 12.3. The predicted octanol–water partition coefficient (Wildman–Crippen LogP) is 3.31. The maximum Gasteiger partial charge on any atom is 0.319 e. The summed E-state index contributed by atoms with van der Waals surface area (Å²) in [6.45, 7) is 3.82. The number of rotatable bonds is 4. The summed E-state index contributed by atoms with van der Waals surface area (Å²) >= 11 is 0. The van der Waals surface area contributed by atoms with Crippen LogP contribution in [0.25, 0.3) is 11.0 Å². The van der Waals surface area contributed by atoms with Crippen LogP contribution in [0.2, 0.25) is 0 Å². The molecule has 1 aliphatic rings. The molecule has 0 unspecified atom stereocenters. The van der Waals surface area contributed by atoms with Crippen molar-refractivity contribution in [1.29, 1.82) is 0 Å². The van der Waals surface area contributed by atoms with Gasteiger partial charge >= 0.3 is 6.03 Å². The van der Waals surface area contributed by atoms with Crippen molar-refractivity contribution in [3.05, 3.63) is 48.4 Å². The molecule has 3 aromatic rings. The minimum Gasteiger partial charge on any atom is -0.356 e. The summed E-state index contributed by atoms with van der Waals surface area (Å²) in [5.74, 6) is 0.958. The van der Waals surface area contributed by atoms with Gasteiger partial charge in [-0.1, -0.05) is 19.1 Å². The Morgan fingerprint density at radius 3 is 2.70 bits per heavy atom. The number of benzene rings is 1. The maximum atomic E-state index is 12.3. The lowest BCUT2D eigenvalue weighted by Crippen LogP contribution is -2.46. The average Bonchev–Trinajstić information content (AvgIpc) is 3.18. The Hall–Kier alpha value is -3.09. The lowest BCUT2D eigenvalue weighted by Gasteiger charge is -2.33. The van der Waals surface area contributed by atoms with E-state index in [9.17, 15) is 4.79 Å². The molecule has 0 atom stereocenters. The standard InChI is InChI=1S/C20H24N6O/c1-2-14-3-5-15(6-4-14)24-20(27)25-16-8-11-26(12-9-16)19-17-7-10-21-18(17)22-13-23-19/h3-7,10,13,16H,2,8-9,11-12H2,1H3,(H,21,22,23)(H2,24,25,27). The van der Waals surface area contributed by atoms with Crippen LogP contribution in [0.1, 0.15) is 25.3 Å². The second-order valence-corrected chi connectivity index (χ2v) is 6.85. The summed E-state index contributed by atoms with van der Waals surface area (Å²) in [6.07, 6.45) is 6.24. The Kier molecular flexibility index (Phi) is 4.91. The summed E-state index contributed by atoms with van der Waals surface area (Å²) in [6, 6.07) is 9.99. The van der Waals surface area contributed by atoms with Crippen molar-refractivity contribution < 1.29 is 4.79 Å². The molecule has 7 nitrogen and oxygen atoms in total. The number of H-pyrrole nitrogens is 1. The van der Waals surface area contributed by atoms with Crippen molar-refractivity contribution in [2.45, 2.75) is 32.2 Å². The molecule has 3 N–H and O–H groups in total. The lowest BCUT2D eigenvalue weighted by molar-refractivity contribution is 0.246. The van der Waals surface area contributed by atoms with Crippen molar-refractivity contribution in [2.24, 2.45) is 0 Å². The molecule has 1 saturated heterocycles. The zero-order chi connectivity index (χ0) is 18.6. The van der Waals surface area contributed by atoms with Crippen molar-refractivity contribution >= 4 is 28.6 Å². The summed E-state index contributed by atoms with van der Waals surface area (Å²) < 4.78 is 0. The van der Waals surface area contributed by atoms with Gasteiger partial charge in [0.2, 0.25) is 0 Å². The molecule has 3 heterocycles. The van der Waals surface area contributed by atoms with Crippen molar-refractivity contribution in [3.8, 4) is 0 Å². The number of nitrogens with one attached hydrogen (secondary N) is 3. The second-order valence-electron chi connectivity index (χ2n) is 6.85. The first-order valence-corrected chi connectivity index (χ1v) is 9.42. The highest BCUT2D eigenvalue weighted by molar-refractivity contribution is 5.89. The van der Waals surface area contributed by atoms with Gasteiger partial charge in [0.25, 0.3) is 0 Å². The van der Waals surface area contributed by atoms with E-state index in [1.54, 1.807) is 6.33 Å². The first-order chi connectivity index (χ1) is 13.2. The fourth-order valence-electron chi connectivity index (χ4n) is 3.52. The lowest BCUT2D eigenvalue weighted by atomic mass is 10.0. The van der Waals surface area contributed by atoms with Gasteiger partial charge in [0.15, 0.2) is 0 Å². The zero-order valence-electron chi connectivity index (χ0n) is 15.4. The zero-order valence-corrected chi connectivity index (χ0v) is 15.4. The third-order valence-electron chi connectivity index (χ3n) is 5.08. The van der Waals surface area contributed by atoms with Crippen molar-refractivity contribution in [3.63, 3.8) is 0 Å². The predicted molar refractivity (Wildman–Crippen MR) is 107 cm³/mol. The molecule has 7 heteroatoms. The van der Waals surface area contributed by atoms with Crippen LogP contribution in [-0.4, -0.2) is 40.1 Å². The molecular formula is C20H24N6O. The Morgan fingerprint density at radius 1 is 1.19 bits per heavy atom. The molecule has 4 rings (SSSR count). The van der Waals surface area contributed by atoms with E-state index in [1.807, 2.05) is 36.5 Å². The van der Waals surface area contributed by atoms with Gasteiger partial charge in [0, 0.05) is 31.0 Å². The van der Waals surface area contributed by atoms with Crippen molar-refractivity contribution in [1.82, 2.24) is 20.3 Å². The number of aryl methyl sites for hydroxylation is 1. The highest BCUT2D eigenvalue weighted by atomic mass is 16.2. The molecule has 27 heavy (non-hydrogen) atoms. The number of urea groups is 1. The van der Waals surface area contributed by atoms with E-state index in [-0.39, 0.29) is 12.1 Å². The summed E-state index contributed by atoms with van der Waals surface area (Å²) in [7, 11) is 0. The molecule has 140 valence electrons. The number of aromatic nitrogens is 3. The van der Waals surface area contributed by atoms with Gasteiger partial charge in [0.05, 0.1) is 5.39 Å². The van der Waals surface area contributed by atoms with E-state index in [4.69, 9.17) is 0 Å². The van der Waals surface area contributed by atoms with Gasteiger partial charge < -0.3 is 20.5 Å². The van der Waals surface area contributed by atoms with E-state index in [1.165, 1.54) is 5.56 Å². The van der Waals surface area contributed by atoms with Gasteiger partial charge in [0.1, 0.15) is 17.8 Å². The van der Waals surface area contributed by atoms with Crippen molar-refractivity contribution in [2.75, 3.05) is 23.3 Å². The minimum absolute atomic E-state index is 0.146. The van der Waals surface area contributed by atoms with E-state index in [0.29, 0.717) is 0 Å². The fraction of sp³-hybridized carbons (Fsp3) is 0.350. The number of piperidine rings is 1. The number of hydrogen-bond donors (Lipinski definition) is 3. The number of fused-ring (bicyclic) bond motifs is 1. The molecule has 1 aliphatic heterocycles. The monoisotopic (exact) mass is 364 g/mol. The number of hydrogen-bond acceptors (Lipinski definition) is 4. The van der Waals surface area contributed by atoms with Gasteiger partial charge in [-0.15, -0.1) is 0 Å². The van der Waals surface area contributed by atoms with Crippen LogP contribution in [-0.2, 0) is 6.42 Å². The topological polar surface area (TPSA) is 85.9 Å². The summed E-state index contributed by atoms with van der Waals surface area (Å²) in [4.78, 5) is 26.3. The largest absolute Gasteiger partial charge is 0.356 e. The van der Waals surface area contributed by atoms with E-state index in [2.05, 4.69) is 37.4 Å². The van der Waals surface area contributed by atoms with Crippen LogP contribution in [0.5, 0.6) is 0 Å². The minimum atomic E-state index is -0.146. The average molecular weight is 364 g/mol. The number of carbonyl (C=O) groups is 1. The number of nitrogens with zero attached hydrogens (tertiary/aromatic N) is 3. The molecule has 2 aromatic heterocycles. The SMILES string of the molecule is CCc1ccc(NC(=O)NC2CCN(c3ncnc4[nH]ccc34)CC2)cc1. The van der Waals surface area contributed by atoms with Crippen LogP contribution in [0.15, 0.2) is 42.9 Å². The Balaban J connectivity index is 1.31. The molecule has 0 saturated carbocycles. The number of carbonyl (C=O) groups excluding carboxylic acids is 1. The number of anilines is 2. The Bertz CT molecular complexity index is 912. The van der Waals surface area contributed by atoms with Crippen LogP contribution >= 0.6 is 0 Å². The van der Waals surface area contributed by atoms with E-state index in [0.717, 1.165) is 54.9 Å². The van der Waals surface area contributed by atoms with Gasteiger partial charge in [-0.3, -0.25) is 0 Å². The molecule has 0 bridgehead atoms. The van der Waals surface area contributed by atoms with Crippen LogP contribution in [0, 0.1) is 0 Å². The first kappa shape index (κ1) is 17.3. The van der Waals surface area contributed by atoms with Crippen LogP contribution in [0.3, 0.4) is 0 Å². The molecule has 0 radical (unpaired) electrons. The molecule has 0 spiro atoms. The molecule has 2 amide bonds. The van der Waals surface area contributed by atoms with E-state index < -0.39 is 0 Å². The third-order valence-corrected chi connectivity index (χ3v) is 5.08. The first-order valence-electron chi connectivity index (χ1n) is 9.42. The Morgan fingerprint density at radius 2 is 1.96 bits per heavy atom.